The monoisotopic (exact) mass is 356 g/mol. The van der Waals surface area contributed by atoms with Gasteiger partial charge < -0.3 is 14.9 Å². The first-order chi connectivity index (χ1) is 11.8. The molecule has 0 radical (unpaired) electrons. The minimum absolute atomic E-state index is 0.314. The molecular weight excluding hydrogens is 333 g/mol. The molecule has 25 heavy (non-hydrogen) atoms. The van der Waals surface area contributed by atoms with Gasteiger partial charge in [0.1, 0.15) is 0 Å². The zero-order valence-corrected chi connectivity index (χ0v) is 14.1. The lowest BCUT2D eigenvalue weighted by molar-refractivity contribution is -0.137. The van der Waals surface area contributed by atoms with Crippen molar-refractivity contribution in [2.75, 3.05) is 31.1 Å². The Morgan fingerprint density at radius 3 is 2.32 bits per heavy atom. The number of halogens is 3. The number of amides is 1. The summed E-state index contributed by atoms with van der Waals surface area (Å²) in [6.07, 6.45) is -0.999. The Hall–Kier alpha value is -1.92. The molecule has 1 N–H and O–H groups in total. The first-order valence-electron chi connectivity index (χ1n) is 8.77. The molecule has 3 rings (SSSR count). The molecule has 0 unspecified atom stereocenters. The quantitative estimate of drug-likeness (QED) is 0.881. The lowest BCUT2D eigenvalue weighted by Gasteiger charge is -2.31. The molecule has 1 amide bonds. The van der Waals surface area contributed by atoms with Gasteiger partial charge in [-0.2, -0.15) is 13.2 Å². The number of carboxylic acid groups (broad SMARTS) is 1. The molecule has 4 nitrogen and oxygen atoms in total. The highest BCUT2D eigenvalue weighted by atomic mass is 19.4. The number of rotatable bonds is 3. The van der Waals surface area contributed by atoms with Gasteiger partial charge in [-0.3, -0.25) is 0 Å². The van der Waals surface area contributed by atoms with Crippen molar-refractivity contribution in [3.63, 3.8) is 0 Å². The van der Waals surface area contributed by atoms with E-state index in [9.17, 15) is 18.0 Å². The van der Waals surface area contributed by atoms with Crippen LogP contribution < -0.4 is 4.90 Å². The molecule has 2 saturated heterocycles. The Morgan fingerprint density at radius 2 is 1.76 bits per heavy atom. The average molecular weight is 356 g/mol. The maximum Gasteiger partial charge on any atom is 0.416 e. The van der Waals surface area contributed by atoms with Crippen LogP contribution in [0.2, 0.25) is 0 Å². The minimum atomic E-state index is -4.33. The smallest absolute Gasteiger partial charge is 0.416 e. The van der Waals surface area contributed by atoms with Crippen molar-refractivity contribution >= 4 is 11.8 Å². The van der Waals surface area contributed by atoms with E-state index >= 15 is 0 Å². The van der Waals surface area contributed by atoms with Crippen LogP contribution in [0.3, 0.4) is 0 Å². The largest absolute Gasteiger partial charge is 0.465 e. The second kappa shape index (κ2) is 7.14. The Labute approximate surface area is 145 Å². The fourth-order valence-corrected chi connectivity index (χ4v) is 3.80. The molecule has 2 aliphatic heterocycles. The number of alkyl halides is 3. The number of likely N-dealkylation sites (tertiary alicyclic amines) is 1. The molecule has 0 bridgehead atoms. The van der Waals surface area contributed by atoms with Gasteiger partial charge in [0.05, 0.1) is 5.56 Å². The number of hydrogen-bond acceptors (Lipinski definition) is 2. The summed E-state index contributed by atoms with van der Waals surface area (Å²) >= 11 is 0. The van der Waals surface area contributed by atoms with Gasteiger partial charge in [0.15, 0.2) is 0 Å². The van der Waals surface area contributed by atoms with Crippen molar-refractivity contribution in [1.29, 1.82) is 0 Å². The number of carbonyl (C=O) groups is 1. The molecule has 0 atom stereocenters. The predicted octanol–water partition coefficient (Wildman–Crippen LogP) is 4.24. The van der Waals surface area contributed by atoms with Crippen LogP contribution in [0.25, 0.3) is 0 Å². The van der Waals surface area contributed by atoms with E-state index in [4.69, 9.17) is 5.11 Å². The van der Waals surface area contributed by atoms with Gasteiger partial charge in [0, 0.05) is 31.9 Å². The van der Waals surface area contributed by atoms with E-state index in [2.05, 4.69) is 4.90 Å². The number of anilines is 1. The summed E-state index contributed by atoms with van der Waals surface area (Å²) in [4.78, 5) is 14.5. The zero-order valence-electron chi connectivity index (χ0n) is 14.1. The lowest BCUT2D eigenvalue weighted by atomic mass is 9.89. The van der Waals surface area contributed by atoms with Crippen molar-refractivity contribution in [2.24, 2.45) is 5.92 Å². The van der Waals surface area contributed by atoms with Crippen LogP contribution in [-0.4, -0.2) is 42.3 Å². The van der Waals surface area contributed by atoms with Crippen molar-refractivity contribution < 1.29 is 23.1 Å². The third-order valence-corrected chi connectivity index (χ3v) is 5.25. The van der Waals surface area contributed by atoms with Crippen molar-refractivity contribution in [3.05, 3.63) is 29.3 Å². The van der Waals surface area contributed by atoms with Crippen molar-refractivity contribution in [2.45, 2.75) is 38.3 Å². The molecule has 2 heterocycles. The first-order valence-corrected chi connectivity index (χ1v) is 8.77. The van der Waals surface area contributed by atoms with E-state index in [1.165, 1.54) is 17.0 Å². The molecule has 0 saturated carbocycles. The molecule has 0 spiro atoms. The van der Waals surface area contributed by atoms with E-state index in [1.54, 1.807) is 6.07 Å². The average Bonchev–Trinajstić information content (AvgIpc) is 3.09. The summed E-state index contributed by atoms with van der Waals surface area (Å²) < 4.78 is 39.3. The Bertz CT molecular complexity index is 619. The summed E-state index contributed by atoms with van der Waals surface area (Å²) in [5.74, 6) is 0.314. The molecule has 1 aromatic rings. The second-order valence-corrected chi connectivity index (χ2v) is 6.95. The fourth-order valence-electron chi connectivity index (χ4n) is 3.80. The third-order valence-electron chi connectivity index (χ3n) is 5.25. The molecule has 1 aromatic carbocycles. The highest BCUT2D eigenvalue weighted by Gasteiger charge is 2.32. The van der Waals surface area contributed by atoms with Gasteiger partial charge in [0.2, 0.25) is 0 Å². The molecule has 2 fully saturated rings. The highest BCUT2D eigenvalue weighted by Crippen LogP contribution is 2.36. The summed E-state index contributed by atoms with van der Waals surface area (Å²) in [6, 6.07) is 4.06. The van der Waals surface area contributed by atoms with Gasteiger partial charge in [-0.25, -0.2) is 4.79 Å². The summed E-state index contributed by atoms with van der Waals surface area (Å²) in [5, 5.41) is 9.02. The summed E-state index contributed by atoms with van der Waals surface area (Å²) in [6.45, 7) is 2.59. The maximum atomic E-state index is 13.1. The highest BCUT2D eigenvalue weighted by molar-refractivity contribution is 5.65. The SMILES string of the molecule is O=C(O)N1CCC(Cc2ccc(C(F)(F)F)cc2N2CCCC2)CC1. The van der Waals surface area contributed by atoms with Crippen molar-refractivity contribution in [1.82, 2.24) is 4.90 Å². The number of piperidine rings is 1. The Morgan fingerprint density at radius 1 is 1.12 bits per heavy atom. The minimum Gasteiger partial charge on any atom is -0.465 e. The van der Waals surface area contributed by atoms with E-state index in [0.717, 1.165) is 44.3 Å². The van der Waals surface area contributed by atoms with Crippen LogP contribution in [0.1, 0.15) is 36.8 Å². The number of hydrogen-bond donors (Lipinski definition) is 1. The molecule has 0 aromatic heterocycles. The third kappa shape index (κ3) is 4.19. The van der Waals surface area contributed by atoms with Gasteiger partial charge in [0.25, 0.3) is 0 Å². The molecule has 0 aliphatic carbocycles. The van der Waals surface area contributed by atoms with Crippen LogP contribution in [0.15, 0.2) is 18.2 Å². The van der Waals surface area contributed by atoms with Crippen molar-refractivity contribution in [3.8, 4) is 0 Å². The number of benzene rings is 1. The van der Waals surface area contributed by atoms with E-state index < -0.39 is 17.8 Å². The zero-order chi connectivity index (χ0) is 18.0. The van der Waals surface area contributed by atoms with Crippen LogP contribution in [0.4, 0.5) is 23.7 Å². The van der Waals surface area contributed by atoms with E-state index in [1.807, 2.05) is 0 Å². The van der Waals surface area contributed by atoms with Crippen LogP contribution in [0.5, 0.6) is 0 Å². The molecule has 7 heteroatoms. The standard InChI is InChI=1S/C18H23F3N2O2/c19-18(20,21)15-4-3-14(16(12-15)22-7-1-2-8-22)11-13-5-9-23(10-6-13)17(24)25/h3-4,12-13H,1-2,5-11H2,(H,24,25). The van der Waals surface area contributed by atoms with Gasteiger partial charge in [-0.15, -0.1) is 0 Å². The van der Waals surface area contributed by atoms with Gasteiger partial charge >= 0.3 is 12.3 Å². The second-order valence-electron chi connectivity index (χ2n) is 6.95. The topological polar surface area (TPSA) is 43.8 Å². The number of nitrogens with zero attached hydrogens (tertiary/aromatic N) is 2. The summed E-state index contributed by atoms with van der Waals surface area (Å²) in [5.41, 5.74) is 1.05. The Kier molecular flexibility index (Phi) is 5.11. The van der Waals surface area contributed by atoms with E-state index in [0.29, 0.717) is 31.1 Å². The fraction of sp³-hybridized carbons (Fsp3) is 0.611. The van der Waals surface area contributed by atoms with Crippen LogP contribution in [-0.2, 0) is 12.6 Å². The predicted molar refractivity (Wildman–Crippen MR) is 88.9 cm³/mol. The van der Waals surface area contributed by atoms with E-state index in [-0.39, 0.29) is 0 Å². The Balaban J connectivity index is 1.77. The molecule has 2 aliphatic rings. The van der Waals surface area contributed by atoms with Crippen LogP contribution >= 0.6 is 0 Å². The van der Waals surface area contributed by atoms with Gasteiger partial charge in [-0.1, -0.05) is 6.07 Å². The van der Waals surface area contributed by atoms with Gasteiger partial charge in [-0.05, 0) is 55.7 Å². The first kappa shape index (κ1) is 17.9. The normalized spacial score (nSPS) is 19.5. The summed E-state index contributed by atoms with van der Waals surface area (Å²) in [7, 11) is 0. The molecule has 138 valence electrons. The molecular formula is C18H23F3N2O2. The maximum absolute atomic E-state index is 13.1. The van der Waals surface area contributed by atoms with Crippen LogP contribution in [0, 0.1) is 5.92 Å². The lowest BCUT2D eigenvalue weighted by Crippen LogP contribution is -2.38.